The molecule has 0 saturated heterocycles. The van der Waals surface area contributed by atoms with Crippen LogP contribution in [0.3, 0.4) is 0 Å². The molecular formula is C21H48N4O6. The first-order valence-electron chi connectivity index (χ1n) is 11.6. The molecule has 0 rings (SSSR count). The molecule has 0 aliphatic carbocycles. The average molecular weight is 453 g/mol. The predicted molar refractivity (Wildman–Crippen MR) is 122 cm³/mol. The maximum Gasteiger partial charge on any atom is 0.146 e. The number of nitrogens with two attached hydrogens (primary N) is 3. The third-order valence-electron chi connectivity index (χ3n) is 4.38. The average Bonchev–Trinajstić information content (AvgIpc) is 2.78. The largest absolute Gasteiger partial charge is 0.355 e. The van der Waals surface area contributed by atoms with Crippen LogP contribution < -0.4 is 17.2 Å². The molecule has 31 heavy (non-hydrogen) atoms. The highest BCUT2D eigenvalue weighted by molar-refractivity contribution is 4.56. The van der Waals surface area contributed by atoms with Gasteiger partial charge in [-0.05, 0) is 58.2 Å². The van der Waals surface area contributed by atoms with Gasteiger partial charge in [0.05, 0.1) is 19.8 Å². The van der Waals surface area contributed by atoms with E-state index in [0.717, 1.165) is 58.2 Å². The Balaban J connectivity index is 3.82. The zero-order chi connectivity index (χ0) is 22.7. The Bertz CT molecular complexity index is 285. The lowest BCUT2D eigenvalue weighted by atomic mass is 10.3. The number of rotatable bonds is 27. The molecule has 0 heterocycles. The Kier molecular flexibility index (Phi) is 27.3. The minimum Gasteiger partial charge on any atom is -0.355 e. The fourth-order valence-electron chi connectivity index (χ4n) is 2.49. The molecule has 0 spiro atoms. The summed E-state index contributed by atoms with van der Waals surface area (Å²) < 4.78 is 33.0. The van der Waals surface area contributed by atoms with Crippen molar-refractivity contribution < 1.29 is 28.4 Å². The molecule has 10 heteroatoms. The molecule has 0 unspecified atom stereocenters. The number of hydrogen-bond donors (Lipinski definition) is 3. The van der Waals surface area contributed by atoms with Crippen molar-refractivity contribution in [3.63, 3.8) is 0 Å². The van der Waals surface area contributed by atoms with E-state index in [1.165, 1.54) is 0 Å². The predicted octanol–water partition coefficient (Wildman–Crippen LogP) is 0.477. The van der Waals surface area contributed by atoms with Crippen LogP contribution in [0.1, 0.15) is 38.5 Å². The highest BCUT2D eigenvalue weighted by Gasteiger charge is 2.06. The van der Waals surface area contributed by atoms with Gasteiger partial charge in [0.25, 0.3) is 0 Å². The number of unbranched alkanes of at least 4 members (excludes halogenated alkanes) is 3. The van der Waals surface area contributed by atoms with Gasteiger partial charge in [-0.15, -0.1) is 0 Å². The maximum absolute atomic E-state index is 5.56. The number of nitrogens with zero attached hydrogens (tertiary/aromatic N) is 1. The van der Waals surface area contributed by atoms with Crippen LogP contribution in [0.25, 0.3) is 0 Å². The van der Waals surface area contributed by atoms with E-state index in [2.05, 4.69) is 4.90 Å². The van der Waals surface area contributed by atoms with Gasteiger partial charge in [0, 0.05) is 39.5 Å². The summed E-state index contributed by atoms with van der Waals surface area (Å²) in [5.74, 6) is 0. The highest BCUT2D eigenvalue weighted by Crippen LogP contribution is 1.95. The Morgan fingerprint density at radius 3 is 0.968 bits per heavy atom. The fraction of sp³-hybridized carbons (Fsp3) is 1.00. The maximum atomic E-state index is 5.56. The van der Waals surface area contributed by atoms with E-state index in [1.54, 1.807) is 0 Å². The second-order valence-corrected chi connectivity index (χ2v) is 7.13. The van der Waals surface area contributed by atoms with Crippen molar-refractivity contribution in [2.45, 2.75) is 38.5 Å². The third kappa shape index (κ3) is 25.7. The summed E-state index contributed by atoms with van der Waals surface area (Å²) in [6.07, 6.45) is 5.81. The molecule has 0 atom stereocenters. The summed E-state index contributed by atoms with van der Waals surface area (Å²) in [4.78, 5) is 2.23. The zero-order valence-electron chi connectivity index (χ0n) is 19.5. The summed E-state index contributed by atoms with van der Waals surface area (Å²) >= 11 is 0. The third-order valence-corrected chi connectivity index (χ3v) is 4.38. The van der Waals surface area contributed by atoms with Crippen LogP contribution in [0.2, 0.25) is 0 Å². The molecule has 0 bridgehead atoms. The standard InChI is InChI=1S/C21H48N4O6/c22-7-1-4-13-26-19-29-16-10-25(11-17-30-20-27-14-5-2-8-23)12-18-31-21-28-15-6-3-9-24/h1-24H2. The van der Waals surface area contributed by atoms with E-state index in [1.807, 2.05) is 0 Å². The lowest BCUT2D eigenvalue weighted by Gasteiger charge is -2.22. The minimum absolute atomic E-state index is 0.304. The molecule has 0 aromatic carbocycles. The smallest absolute Gasteiger partial charge is 0.146 e. The van der Waals surface area contributed by atoms with E-state index in [0.29, 0.717) is 79.7 Å². The summed E-state index contributed by atoms with van der Waals surface area (Å²) in [6.45, 7) is 9.11. The van der Waals surface area contributed by atoms with Crippen molar-refractivity contribution in [2.75, 3.05) is 99.3 Å². The van der Waals surface area contributed by atoms with Crippen LogP contribution in [0.15, 0.2) is 0 Å². The SMILES string of the molecule is NCCCCOCOCCN(CCOCOCCCCN)CCOCOCCCCN. The van der Waals surface area contributed by atoms with Crippen LogP contribution in [0.4, 0.5) is 0 Å². The number of hydrogen-bond acceptors (Lipinski definition) is 10. The lowest BCUT2D eigenvalue weighted by Crippen LogP contribution is -2.34. The van der Waals surface area contributed by atoms with Crippen molar-refractivity contribution in [2.24, 2.45) is 17.2 Å². The van der Waals surface area contributed by atoms with Crippen molar-refractivity contribution in [3.8, 4) is 0 Å². The van der Waals surface area contributed by atoms with E-state index in [9.17, 15) is 0 Å². The highest BCUT2D eigenvalue weighted by atomic mass is 16.7. The van der Waals surface area contributed by atoms with E-state index < -0.39 is 0 Å². The van der Waals surface area contributed by atoms with Gasteiger partial charge in [-0.2, -0.15) is 0 Å². The Hall–Kier alpha value is -0.400. The molecule has 0 aliphatic rings. The summed E-state index contributed by atoms with van der Waals surface area (Å²) in [7, 11) is 0. The molecule has 0 saturated carbocycles. The first kappa shape index (κ1) is 30.6. The quantitative estimate of drug-likeness (QED) is 0.119. The van der Waals surface area contributed by atoms with Gasteiger partial charge >= 0.3 is 0 Å². The van der Waals surface area contributed by atoms with Crippen LogP contribution in [0, 0.1) is 0 Å². The number of ether oxygens (including phenoxy) is 6. The molecule has 0 aromatic heterocycles. The van der Waals surface area contributed by atoms with Gasteiger partial charge in [0.15, 0.2) is 0 Å². The summed E-state index contributed by atoms with van der Waals surface area (Å²) in [5.41, 5.74) is 16.4. The molecule has 10 nitrogen and oxygen atoms in total. The molecular weight excluding hydrogens is 404 g/mol. The second-order valence-electron chi connectivity index (χ2n) is 7.13. The summed E-state index contributed by atoms with van der Waals surface area (Å²) in [6, 6.07) is 0. The van der Waals surface area contributed by atoms with Crippen molar-refractivity contribution in [3.05, 3.63) is 0 Å². The lowest BCUT2D eigenvalue weighted by molar-refractivity contribution is -0.0780. The zero-order valence-corrected chi connectivity index (χ0v) is 19.5. The molecule has 188 valence electrons. The van der Waals surface area contributed by atoms with E-state index >= 15 is 0 Å². The second kappa shape index (κ2) is 27.6. The van der Waals surface area contributed by atoms with Crippen LogP contribution in [-0.2, 0) is 28.4 Å². The fourth-order valence-corrected chi connectivity index (χ4v) is 2.49. The van der Waals surface area contributed by atoms with Crippen molar-refractivity contribution in [1.29, 1.82) is 0 Å². The van der Waals surface area contributed by atoms with Crippen LogP contribution in [-0.4, -0.2) is 104 Å². The van der Waals surface area contributed by atoms with Gasteiger partial charge in [0.1, 0.15) is 20.4 Å². The monoisotopic (exact) mass is 452 g/mol. The molecule has 0 aromatic rings. The first-order valence-corrected chi connectivity index (χ1v) is 11.6. The Morgan fingerprint density at radius 1 is 0.387 bits per heavy atom. The van der Waals surface area contributed by atoms with E-state index in [4.69, 9.17) is 45.6 Å². The van der Waals surface area contributed by atoms with E-state index in [-0.39, 0.29) is 0 Å². The Morgan fingerprint density at radius 2 is 0.677 bits per heavy atom. The molecule has 0 radical (unpaired) electrons. The van der Waals surface area contributed by atoms with Crippen LogP contribution >= 0.6 is 0 Å². The molecule has 0 amide bonds. The molecule has 0 aliphatic heterocycles. The van der Waals surface area contributed by atoms with Gasteiger partial charge in [-0.25, -0.2) is 0 Å². The van der Waals surface area contributed by atoms with Crippen molar-refractivity contribution in [1.82, 2.24) is 4.90 Å². The van der Waals surface area contributed by atoms with Gasteiger partial charge < -0.3 is 45.6 Å². The molecule has 6 N–H and O–H groups in total. The normalized spacial score (nSPS) is 11.6. The minimum atomic E-state index is 0.304. The van der Waals surface area contributed by atoms with Gasteiger partial charge in [-0.1, -0.05) is 0 Å². The van der Waals surface area contributed by atoms with Crippen molar-refractivity contribution >= 4 is 0 Å². The van der Waals surface area contributed by atoms with Crippen LogP contribution in [0.5, 0.6) is 0 Å². The topological polar surface area (TPSA) is 137 Å². The van der Waals surface area contributed by atoms with Gasteiger partial charge in [-0.3, -0.25) is 4.90 Å². The first-order chi connectivity index (χ1) is 15.3. The summed E-state index contributed by atoms with van der Waals surface area (Å²) in [5, 5.41) is 0. The van der Waals surface area contributed by atoms with Gasteiger partial charge in [0.2, 0.25) is 0 Å². The molecule has 0 fully saturated rings. The Labute approximate surface area is 188 Å².